The van der Waals surface area contributed by atoms with Gasteiger partial charge in [-0.05, 0) is 57.3 Å². The van der Waals surface area contributed by atoms with Crippen LogP contribution in [0.2, 0.25) is 0 Å². The Bertz CT molecular complexity index is 1100. The average Bonchev–Trinajstić information content (AvgIpc) is 2.71. The van der Waals surface area contributed by atoms with Gasteiger partial charge in [-0.15, -0.1) is 0 Å². The highest BCUT2D eigenvalue weighted by Gasteiger charge is 2.21. The molecule has 2 radical (unpaired) electrons. The molecule has 0 saturated heterocycles. The zero-order chi connectivity index (χ0) is 23.7. The lowest BCUT2D eigenvalue weighted by molar-refractivity contribution is 0.569. The first-order valence-electron chi connectivity index (χ1n) is 10.6. The minimum absolute atomic E-state index is 0.0248. The number of nitrogens with zero attached hydrogens (tertiary/aromatic N) is 1. The molecule has 3 aromatic rings. The first kappa shape index (κ1) is 23.7. The standard InChI is InChI=1S/C27H28BF2NO/c1-26(2,3)20-13-18(14-21(15-20)27(4,5)6)17-10-11-24(32-28)19(12-17)16-31-25-22(29)8-7-9-23(25)30/h7-16H,1-6H3. The third-order valence-corrected chi connectivity index (χ3v) is 5.41. The van der Waals surface area contributed by atoms with Gasteiger partial charge in [0.15, 0.2) is 11.6 Å². The Balaban J connectivity index is 2.13. The van der Waals surface area contributed by atoms with Crippen molar-refractivity contribution in [2.24, 2.45) is 4.99 Å². The maximum absolute atomic E-state index is 14.0. The summed E-state index contributed by atoms with van der Waals surface area (Å²) in [6.45, 7) is 13.1. The maximum atomic E-state index is 14.0. The van der Waals surface area contributed by atoms with Gasteiger partial charge in [0, 0.05) is 11.8 Å². The number of hydrogen-bond acceptors (Lipinski definition) is 2. The molecule has 0 aliphatic heterocycles. The lowest BCUT2D eigenvalue weighted by atomic mass is 9.79. The van der Waals surface area contributed by atoms with Crippen LogP contribution in [0.3, 0.4) is 0 Å². The molecule has 3 aromatic carbocycles. The Kier molecular flexibility index (Phi) is 6.59. The molecule has 0 amide bonds. The van der Waals surface area contributed by atoms with Crippen LogP contribution in [0, 0.1) is 11.6 Å². The normalized spacial score (nSPS) is 12.4. The largest absolute Gasteiger partial charge is 0.567 e. The summed E-state index contributed by atoms with van der Waals surface area (Å²) in [5.74, 6) is -1.11. The van der Waals surface area contributed by atoms with Crippen LogP contribution in [0.15, 0.2) is 59.6 Å². The summed E-state index contributed by atoms with van der Waals surface area (Å²) < 4.78 is 32.9. The van der Waals surface area contributed by atoms with E-state index in [2.05, 4.69) is 64.7 Å². The quantitative estimate of drug-likeness (QED) is 0.311. The van der Waals surface area contributed by atoms with E-state index in [4.69, 9.17) is 12.7 Å². The molecule has 0 heterocycles. The molecule has 0 unspecified atom stereocenters. The van der Waals surface area contributed by atoms with Crippen LogP contribution in [0.25, 0.3) is 11.1 Å². The lowest BCUT2D eigenvalue weighted by Gasteiger charge is -2.26. The van der Waals surface area contributed by atoms with E-state index < -0.39 is 11.6 Å². The number of para-hydroxylation sites is 1. The van der Waals surface area contributed by atoms with Gasteiger partial charge in [0.1, 0.15) is 11.4 Å². The number of halogens is 2. The number of rotatable bonds is 4. The van der Waals surface area contributed by atoms with E-state index in [0.717, 1.165) is 11.1 Å². The summed E-state index contributed by atoms with van der Waals surface area (Å²) in [6.07, 6.45) is 1.37. The summed E-state index contributed by atoms with van der Waals surface area (Å²) in [5.41, 5.74) is 4.53. The fourth-order valence-corrected chi connectivity index (χ4v) is 3.34. The molecule has 0 aliphatic rings. The zero-order valence-corrected chi connectivity index (χ0v) is 19.5. The van der Waals surface area contributed by atoms with Crippen LogP contribution in [-0.4, -0.2) is 14.3 Å². The minimum atomic E-state index is -0.736. The summed E-state index contributed by atoms with van der Waals surface area (Å²) >= 11 is 0. The van der Waals surface area contributed by atoms with Crippen molar-refractivity contribution in [1.82, 2.24) is 0 Å². The van der Waals surface area contributed by atoms with E-state index >= 15 is 0 Å². The third-order valence-electron chi connectivity index (χ3n) is 5.41. The van der Waals surface area contributed by atoms with E-state index in [1.54, 1.807) is 6.07 Å². The van der Waals surface area contributed by atoms with E-state index in [9.17, 15) is 8.78 Å². The fraction of sp³-hybridized carbons (Fsp3) is 0.296. The topological polar surface area (TPSA) is 21.6 Å². The van der Waals surface area contributed by atoms with Gasteiger partial charge >= 0.3 is 8.05 Å². The fourth-order valence-electron chi connectivity index (χ4n) is 3.34. The monoisotopic (exact) mass is 431 g/mol. The SMILES string of the molecule is [B]Oc1ccc(-c2cc(C(C)(C)C)cc(C(C)(C)C)c2)cc1C=Nc1c(F)cccc1F. The van der Waals surface area contributed by atoms with Gasteiger partial charge in [-0.3, -0.25) is 0 Å². The van der Waals surface area contributed by atoms with Crippen LogP contribution >= 0.6 is 0 Å². The molecule has 164 valence electrons. The van der Waals surface area contributed by atoms with Crippen molar-refractivity contribution in [3.63, 3.8) is 0 Å². The van der Waals surface area contributed by atoms with Gasteiger partial charge < -0.3 is 4.65 Å². The van der Waals surface area contributed by atoms with E-state index in [0.29, 0.717) is 11.3 Å². The molecule has 0 atom stereocenters. The van der Waals surface area contributed by atoms with Crippen LogP contribution < -0.4 is 4.65 Å². The summed E-state index contributed by atoms with van der Waals surface area (Å²) in [5, 5.41) is 0. The predicted octanol–water partition coefficient (Wildman–Crippen LogP) is 7.44. The summed E-state index contributed by atoms with van der Waals surface area (Å²) in [7, 11) is 5.42. The van der Waals surface area contributed by atoms with E-state index in [1.165, 1.54) is 35.5 Å². The Morgan fingerprint density at radius 1 is 0.781 bits per heavy atom. The number of hydrogen-bond donors (Lipinski definition) is 0. The number of benzene rings is 3. The van der Waals surface area contributed by atoms with E-state index in [1.807, 2.05) is 12.1 Å². The van der Waals surface area contributed by atoms with Gasteiger partial charge in [0.25, 0.3) is 0 Å². The molecular formula is C27H28BF2NO. The van der Waals surface area contributed by atoms with Crippen LogP contribution in [0.5, 0.6) is 5.75 Å². The molecule has 32 heavy (non-hydrogen) atoms. The smallest absolute Gasteiger partial charge is 0.374 e. The van der Waals surface area contributed by atoms with Crippen LogP contribution in [0.4, 0.5) is 14.5 Å². The van der Waals surface area contributed by atoms with Crippen molar-refractivity contribution in [2.75, 3.05) is 0 Å². The van der Waals surface area contributed by atoms with Crippen molar-refractivity contribution in [3.05, 3.63) is 82.9 Å². The van der Waals surface area contributed by atoms with Gasteiger partial charge in [-0.25, -0.2) is 13.8 Å². The molecule has 0 N–H and O–H groups in total. The minimum Gasteiger partial charge on any atom is -0.567 e. The molecule has 2 nitrogen and oxygen atoms in total. The number of aliphatic imine (C=N–C) groups is 1. The first-order valence-corrected chi connectivity index (χ1v) is 10.6. The Morgan fingerprint density at radius 2 is 1.34 bits per heavy atom. The molecule has 0 aromatic heterocycles. The van der Waals surface area contributed by atoms with Crippen molar-refractivity contribution in [3.8, 4) is 16.9 Å². The van der Waals surface area contributed by atoms with Gasteiger partial charge in [0.2, 0.25) is 0 Å². The van der Waals surface area contributed by atoms with Crippen molar-refractivity contribution in [2.45, 2.75) is 52.4 Å². The molecule has 0 fully saturated rings. The molecule has 0 bridgehead atoms. The highest BCUT2D eigenvalue weighted by molar-refractivity contribution is 6.01. The molecule has 0 spiro atoms. The highest BCUT2D eigenvalue weighted by atomic mass is 19.1. The second-order valence-electron chi connectivity index (χ2n) is 10.00. The third kappa shape index (κ3) is 5.27. The van der Waals surface area contributed by atoms with Crippen molar-refractivity contribution < 1.29 is 13.4 Å². The summed E-state index contributed by atoms with van der Waals surface area (Å²) in [4.78, 5) is 4.02. The first-order chi connectivity index (χ1) is 14.9. The predicted molar refractivity (Wildman–Crippen MR) is 129 cm³/mol. The van der Waals surface area contributed by atoms with Gasteiger partial charge in [-0.2, -0.15) is 0 Å². The molecule has 3 rings (SSSR count). The van der Waals surface area contributed by atoms with Crippen molar-refractivity contribution in [1.29, 1.82) is 0 Å². The van der Waals surface area contributed by atoms with Crippen LogP contribution in [0.1, 0.15) is 58.2 Å². The molecule has 0 aliphatic carbocycles. The molecule has 5 heteroatoms. The zero-order valence-electron chi connectivity index (χ0n) is 19.5. The highest BCUT2D eigenvalue weighted by Crippen LogP contribution is 2.35. The maximum Gasteiger partial charge on any atom is 0.374 e. The molecular weight excluding hydrogens is 403 g/mol. The molecule has 0 saturated carbocycles. The second kappa shape index (κ2) is 8.89. The average molecular weight is 431 g/mol. The second-order valence-corrected chi connectivity index (χ2v) is 10.00. The summed E-state index contributed by atoms with van der Waals surface area (Å²) in [6, 6.07) is 15.7. The Morgan fingerprint density at radius 3 is 1.84 bits per heavy atom. The van der Waals surface area contributed by atoms with Crippen molar-refractivity contribution >= 4 is 20.0 Å². The van der Waals surface area contributed by atoms with Gasteiger partial charge in [0.05, 0.1) is 0 Å². The Labute approximate surface area is 190 Å². The van der Waals surface area contributed by atoms with E-state index in [-0.39, 0.29) is 16.5 Å². The Hall–Kier alpha value is -2.95. The van der Waals surface area contributed by atoms with Gasteiger partial charge in [-0.1, -0.05) is 71.9 Å². The lowest BCUT2D eigenvalue weighted by Crippen LogP contribution is -2.16. The van der Waals surface area contributed by atoms with Crippen LogP contribution in [-0.2, 0) is 10.8 Å².